The Labute approximate surface area is 45.3 Å². The van der Waals surface area contributed by atoms with Gasteiger partial charge in [0, 0.05) is 0 Å². The Morgan fingerprint density at radius 3 is 2.43 bits per heavy atom. The number of ether oxygens (including phenoxy) is 1. The third-order valence-electron chi connectivity index (χ3n) is 1.29. The van der Waals surface area contributed by atoms with Crippen LogP contribution in [0.5, 0.6) is 0 Å². The van der Waals surface area contributed by atoms with Gasteiger partial charge in [-0.2, -0.15) is 0 Å². The Morgan fingerprint density at radius 2 is 2.29 bits per heavy atom. The molecule has 40 valence electrons. The van der Waals surface area contributed by atoms with Crippen LogP contribution in [-0.4, -0.2) is 21.9 Å². The molecule has 0 N–H and O–H groups in total. The van der Waals surface area contributed by atoms with Crippen LogP contribution in [0.1, 0.15) is 12.8 Å². The molecule has 1 saturated carbocycles. The first-order valence-corrected chi connectivity index (χ1v) is 3.38. The van der Waals surface area contributed by atoms with Gasteiger partial charge in [-0.05, 0) is 12.8 Å². The summed E-state index contributed by atoms with van der Waals surface area (Å²) in [5.74, 6) is 0. The van der Waals surface area contributed by atoms with Crippen molar-refractivity contribution in [1.29, 1.82) is 0 Å². The topological polar surface area (TPSA) is 26.3 Å². The molecule has 0 atom stereocenters. The SMILES string of the molecule is O=COC1([SiH3])CC1. The van der Waals surface area contributed by atoms with Gasteiger partial charge in [-0.1, -0.05) is 0 Å². The molecule has 1 fully saturated rings. The third kappa shape index (κ3) is 1.02. The van der Waals surface area contributed by atoms with Crippen LogP contribution in [0.3, 0.4) is 0 Å². The lowest BCUT2D eigenvalue weighted by atomic mass is 10.8. The molecular weight excluding hydrogens is 108 g/mol. The Kier molecular flexibility index (Phi) is 0.920. The van der Waals surface area contributed by atoms with Crippen LogP contribution in [0.25, 0.3) is 0 Å². The number of hydrogen-bond donors (Lipinski definition) is 0. The van der Waals surface area contributed by atoms with E-state index in [1.54, 1.807) is 0 Å². The minimum atomic E-state index is 0.0712. The second-order valence-corrected chi connectivity index (χ2v) is 3.99. The van der Waals surface area contributed by atoms with Crippen molar-refractivity contribution in [3.8, 4) is 0 Å². The summed E-state index contributed by atoms with van der Waals surface area (Å²) in [4.78, 5) is 9.66. The van der Waals surface area contributed by atoms with E-state index in [2.05, 4.69) is 0 Å². The van der Waals surface area contributed by atoms with Gasteiger partial charge in [0.2, 0.25) is 0 Å². The predicted molar refractivity (Wildman–Crippen MR) is 29.1 cm³/mol. The van der Waals surface area contributed by atoms with Gasteiger partial charge < -0.3 is 4.74 Å². The lowest BCUT2D eigenvalue weighted by molar-refractivity contribution is -0.131. The highest BCUT2D eigenvalue weighted by atomic mass is 28.1. The lowest BCUT2D eigenvalue weighted by Gasteiger charge is -2.01. The van der Waals surface area contributed by atoms with Gasteiger partial charge in [0.05, 0.1) is 15.5 Å². The zero-order valence-corrected chi connectivity index (χ0v) is 6.31. The number of hydrogen-bond acceptors (Lipinski definition) is 2. The quantitative estimate of drug-likeness (QED) is 0.342. The number of carbonyl (C=O) groups excluding carboxylic acids is 1. The highest BCUT2D eigenvalue weighted by Crippen LogP contribution is 2.34. The van der Waals surface area contributed by atoms with E-state index in [-0.39, 0.29) is 5.22 Å². The summed E-state index contributed by atoms with van der Waals surface area (Å²) >= 11 is 0. The summed E-state index contributed by atoms with van der Waals surface area (Å²) in [5.41, 5.74) is 0. The van der Waals surface area contributed by atoms with Crippen LogP contribution < -0.4 is 0 Å². The van der Waals surface area contributed by atoms with Crippen LogP contribution >= 0.6 is 0 Å². The normalized spacial score (nSPS) is 24.0. The molecule has 0 amide bonds. The Morgan fingerprint density at radius 1 is 1.71 bits per heavy atom. The zero-order valence-electron chi connectivity index (χ0n) is 4.31. The van der Waals surface area contributed by atoms with E-state index in [0.717, 1.165) is 23.1 Å². The fourth-order valence-corrected chi connectivity index (χ4v) is 0.756. The molecule has 1 aliphatic rings. The molecule has 1 aliphatic carbocycles. The first-order chi connectivity index (χ1) is 3.27. The minimum absolute atomic E-state index is 0.0712. The maximum absolute atomic E-state index is 9.66. The fourth-order valence-electron chi connectivity index (χ4n) is 0.410. The fraction of sp³-hybridized carbons (Fsp3) is 0.750. The molecule has 1 rings (SSSR count). The molecule has 0 unspecified atom stereocenters. The van der Waals surface area contributed by atoms with E-state index in [0.29, 0.717) is 6.47 Å². The maximum Gasteiger partial charge on any atom is 0.293 e. The highest BCUT2D eigenvalue weighted by Gasteiger charge is 2.38. The summed E-state index contributed by atoms with van der Waals surface area (Å²) in [6.07, 6.45) is 2.19. The highest BCUT2D eigenvalue weighted by molar-refractivity contribution is 6.16. The molecule has 0 spiro atoms. The zero-order chi connectivity index (χ0) is 5.33. The van der Waals surface area contributed by atoms with Gasteiger partial charge in [0.25, 0.3) is 6.47 Å². The van der Waals surface area contributed by atoms with E-state index < -0.39 is 0 Å². The summed E-state index contributed by atoms with van der Waals surface area (Å²) in [6.45, 7) is 0.556. The molecule has 2 nitrogen and oxygen atoms in total. The van der Waals surface area contributed by atoms with E-state index in [1.165, 1.54) is 0 Å². The van der Waals surface area contributed by atoms with Crippen LogP contribution in [0, 0.1) is 0 Å². The Hall–Kier alpha value is -0.313. The average molecular weight is 116 g/mol. The molecule has 7 heavy (non-hydrogen) atoms. The van der Waals surface area contributed by atoms with Crippen LogP contribution in [0.2, 0.25) is 0 Å². The summed E-state index contributed by atoms with van der Waals surface area (Å²) in [7, 11) is 0.995. The van der Waals surface area contributed by atoms with E-state index in [9.17, 15) is 4.79 Å². The second kappa shape index (κ2) is 1.33. The molecule has 0 aliphatic heterocycles. The molecule has 0 heterocycles. The van der Waals surface area contributed by atoms with Gasteiger partial charge in [0.15, 0.2) is 0 Å². The third-order valence-corrected chi connectivity index (χ3v) is 2.52. The summed E-state index contributed by atoms with van der Waals surface area (Å²) in [5, 5.41) is 0.0712. The molecule has 0 radical (unpaired) electrons. The van der Waals surface area contributed by atoms with Gasteiger partial charge in [-0.25, -0.2) is 0 Å². The van der Waals surface area contributed by atoms with Crippen molar-refractivity contribution in [2.24, 2.45) is 0 Å². The van der Waals surface area contributed by atoms with Crippen molar-refractivity contribution in [3.63, 3.8) is 0 Å². The Bertz CT molecular complexity index is 87.7. The molecule has 0 bridgehead atoms. The minimum Gasteiger partial charge on any atom is -0.466 e. The van der Waals surface area contributed by atoms with Crippen molar-refractivity contribution >= 4 is 16.7 Å². The number of rotatable bonds is 2. The van der Waals surface area contributed by atoms with Gasteiger partial charge in [-0.3, -0.25) is 4.79 Å². The van der Waals surface area contributed by atoms with E-state index in [1.807, 2.05) is 0 Å². The van der Waals surface area contributed by atoms with Crippen LogP contribution in [-0.2, 0) is 9.53 Å². The monoisotopic (exact) mass is 116 g/mol. The van der Waals surface area contributed by atoms with Gasteiger partial charge >= 0.3 is 0 Å². The first kappa shape index (κ1) is 4.84. The average Bonchev–Trinajstić information content (AvgIpc) is 2.22. The predicted octanol–water partition coefficient (Wildman–Crippen LogP) is -0.985. The van der Waals surface area contributed by atoms with E-state index >= 15 is 0 Å². The van der Waals surface area contributed by atoms with Crippen LogP contribution in [0.15, 0.2) is 0 Å². The molecule has 3 heteroatoms. The molecule has 0 aromatic carbocycles. The van der Waals surface area contributed by atoms with Crippen molar-refractivity contribution in [2.45, 2.75) is 18.1 Å². The smallest absolute Gasteiger partial charge is 0.293 e. The van der Waals surface area contributed by atoms with Gasteiger partial charge in [-0.15, -0.1) is 0 Å². The van der Waals surface area contributed by atoms with Crippen molar-refractivity contribution in [2.75, 3.05) is 0 Å². The molecular formula is C4H8O2Si. The lowest BCUT2D eigenvalue weighted by Crippen LogP contribution is -2.11. The number of carbonyl (C=O) groups is 1. The Balaban J connectivity index is 2.25. The molecule has 0 aromatic heterocycles. The molecule has 0 aromatic rings. The standard InChI is InChI=1S/C4H8O2Si/c5-3-6-4(7)1-2-4/h3H,1-2H2,7H3. The summed E-state index contributed by atoms with van der Waals surface area (Å²) in [6, 6.07) is 0. The van der Waals surface area contributed by atoms with Crippen LogP contribution in [0.4, 0.5) is 0 Å². The van der Waals surface area contributed by atoms with Crippen molar-refractivity contribution in [3.05, 3.63) is 0 Å². The summed E-state index contributed by atoms with van der Waals surface area (Å²) < 4.78 is 4.72. The van der Waals surface area contributed by atoms with Gasteiger partial charge in [0.1, 0.15) is 0 Å². The second-order valence-electron chi connectivity index (χ2n) is 2.16. The molecule has 0 saturated heterocycles. The first-order valence-electron chi connectivity index (χ1n) is 2.38. The largest absolute Gasteiger partial charge is 0.466 e. The van der Waals surface area contributed by atoms with E-state index in [4.69, 9.17) is 4.74 Å². The van der Waals surface area contributed by atoms with Crippen molar-refractivity contribution < 1.29 is 9.53 Å². The maximum atomic E-state index is 9.66. The van der Waals surface area contributed by atoms with Crippen molar-refractivity contribution in [1.82, 2.24) is 0 Å².